The molecule has 9 nitrogen and oxygen atoms in total. The van der Waals surface area contributed by atoms with Crippen LogP contribution in [0.5, 0.6) is 11.6 Å². The van der Waals surface area contributed by atoms with Gasteiger partial charge in [-0.1, -0.05) is 49.0 Å². The van der Waals surface area contributed by atoms with Gasteiger partial charge < -0.3 is 19.1 Å². The lowest BCUT2D eigenvalue weighted by Gasteiger charge is -2.38. The van der Waals surface area contributed by atoms with Crippen LogP contribution in [0, 0.1) is 0 Å². The van der Waals surface area contributed by atoms with E-state index in [1.807, 2.05) is 66.7 Å². The highest BCUT2D eigenvalue weighted by atomic mass is 16.5. The van der Waals surface area contributed by atoms with Gasteiger partial charge in [-0.15, -0.1) is 5.10 Å². The molecule has 38 heavy (non-hydrogen) atoms. The first kappa shape index (κ1) is 26.6. The Morgan fingerprint density at radius 2 is 1.95 bits per heavy atom. The highest BCUT2D eigenvalue weighted by molar-refractivity contribution is 6.03. The molecule has 0 aliphatic carbocycles. The van der Waals surface area contributed by atoms with Crippen LogP contribution in [0.15, 0.2) is 95.8 Å². The van der Waals surface area contributed by atoms with E-state index in [-0.39, 0.29) is 12.1 Å². The number of urea groups is 1. The van der Waals surface area contributed by atoms with Crippen molar-refractivity contribution in [2.75, 3.05) is 26.3 Å². The number of carbonyl (C=O) groups is 1. The summed E-state index contributed by atoms with van der Waals surface area (Å²) in [5.41, 5.74) is 3.08. The Bertz CT molecular complexity index is 1260. The average Bonchev–Trinajstić information content (AvgIpc) is 2.93. The van der Waals surface area contributed by atoms with Crippen molar-refractivity contribution in [1.82, 2.24) is 15.2 Å². The molecule has 1 aromatic heterocycles. The minimum atomic E-state index is -0.275. The van der Waals surface area contributed by atoms with Crippen LogP contribution in [0.3, 0.4) is 0 Å². The molecule has 196 valence electrons. The number of hydrogen-bond acceptors (Lipinski definition) is 7. The monoisotopic (exact) mass is 513 g/mol. The Hall–Kier alpha value is -4.50. The minimum absolute atomic E-state index is 0.127. The topological polar surface area (TPSA) is 97.6 Å². The molecule has 1 saturated heterocycles. The molecule has 9 heteroatoms. The largest absolute Gasteiger partial charge is 0.491 e. The summed E-state index contributed by atoms with van der Waals surface area (Å²) in [5, 5.41) is 10.3. The Morgan fingerprint density at radius 1 is 1.11 bits per heavy atom. The minimum Gasteiger partial charge on any atom is -0.491 e. The van der Waals surface area contributed by atoms with Gasteiger partial charge in [-0.25, -0.2) is 9.78 Å². The summed E-state index contributed by atoms with van der Waals surface area (Å²) in [7, 11) is 0. The molecule has 0 saturated carbocycles. The number of nitrogens with zero attached hydrogens (tertiary/aromatic N) is 4. The second kappa shape index (κ2) is 13.7. The van der Waals surface area contributed by atoms with E-state index >= 15 is 0 Å². The average molecular weight is 514 g/mol. The Kier molecular flexibility index (Phi) is 9.58. The predicted molar refractivity (Wildman–Crippen MR) is 148 cm³/mol. The summed E-state index contributed by atoms with van der Waals surface area (Å²) in [4.78, 5) is 18.3. The van der Waals surface area contributed by atoms with Crippen LogP contribution in [-0.4, -0.2) is 60.4 Å². The van der Waals surface area contributed by atoms with Crippen molar-refractivity contribution in [2.24, 2.45) is 10.2 Å². The lowest BCUT2D eigenvalue weighted by Crippen LogP contribution is -2.59. The van der Waals surface area contributed by atoms with Crippen LogP contribution < -0.4 is 14.8 Å². The van der Waals surface area contributed by atoms with Crippen molar-refractivity contribution in [1.29, 1.82) is 0 Å². The molecular weight excluding hydrogens is 482 g/mol. The van der Waals surface area contributed by atoms with Crippen LogP contribution in [0.2, 0.25) is 0 Å². The third kappa shape index (κ3) is 7.75. The van der Waals surface area contributed by atoms with Crippen LogP contribution in [0.4, 0.5) is 4.79 Å². The second-order valence-corrected chi connectivity index (χ2v) is 8.44. The molecule has 1 aliphatic rings. The number of rotatable bonds is 11. The lowest BCUT2D eigenvalue weighted by molar-refractivity contribution is 0.0430. The van der Waals surface area contributed by atoms with Gasteiger partial charge in [-0.2, -0.15) is 5.10 Å². The zero-order valence-electron chi connectivity index (χ0n) is 21.3. The summed E-state index contributed by atoms with van der Waals surface area (Å²) < 4.78 is 17.4. The third-order valence-electron chi connectivity index (χ3n) is 5.64. The Balaban J connectivity index is 1.20. The fourth-order valence-electron chi connectivity index (χ4n) is 3.64. The maximum Gasteiger partial charge on any atom is 0.323 e. The molecule has 1 aliphatic heterocycles. The van der Waals surface area contributed by atoms with E-state index in [1.54, 1.807) is 18.0 Å². The zero-order valence-corrected chi connectivity index (χ0v) is 21.3. The molecule has 1 N–H and O–H groups in total. The van der Waals surface area contributed by atoms with Gasteiger partial charge >= 0.3 is 6.03 Å². The molecule has 2 heterocycles. The second-order valence-electron chi connectivity index (χ2n) is 8.44. The number of aromatic nitrogens is 1. The van der Waals surface area contributed by atoms with Crippen molar-refractivity contribution >= 4 is 18.1 Å². The van der Waals surface area contributed by atoms with Crippen molar-refractivity contribution in [3.63, 3.8) is 0 Å². The van der Waals surface area contributed by atoms with E-state index in [4.69, 9.17) is 14.2 Å². The van der Waals surface area contributed by atoms with E-state index in [1.165, 1.54) is 12.3 Å². The van der Waals surface area contributed by atoms with Gasteiger partial charge in [0.25, 0.3) is 0 Å². The standard InChI is InChI=1S/C29H31N5O4/c1-3-27(33-31-4-2)32-29(35)34-19-26(20-34)38-28-14-13-24(18-30-28)23-11-8-12-25(17-23)37-16-15-36-21-22-9-6-5-7-10-22/h3-14,17-18,26H,1,15-16,19-21H2,2H3,(H,32,33,35)/b31-4-. The number of pyridine rings is 1. The van der Waals surface area contributed by atoms with Crippen LogP contribution in [0.25, 0.3) is 11.1 Å². The quantitative estimate of drug-likeness (QED) is 0.173. The summed E-state index contributed by atoms with van der Waals surface area (Å²) in [6.07, 6.45) is 4.60. The number of carbonyl (C=O) groups excluding carboxylic acids is 1. The predicted octanol–water partition coefficient (Wildman–Crippen LogP) is 4.71. The van der Waals surface area contributed by atoms with Gasteiger partial charge in [-0.3, -0.25) is 5.32 Å². The summed E-state index contributed by atoms with van der Waals surface area (Å²) >= 11 is 0. The number of amidine groups is 1. The molecule has 3 aromatic rings. The van der Waals surface area contributed by atoms with Gasteiger partial charge in [0, 0.05) is 24.0 Å². The van der Waals surface area contributed by atoms with Crippen molar-refractivity contribution in [2.45, 2.75) is 19.6 Å². The van der Waals surface area contributed by atoms with Crippen molar-refractivity contribution < 1.29 is 19.0 Å². The highest BCUT2D eigenvalue weighted by Crippen LogP contribution is 2.25. The molecule has 0 bridgehead atoms. The van der Waals surface area contributed by atoms with E-state index in [0.29, 0.717) is 44.6 Å². The third-order valence-corrected chi connectivity index (χ3v) is 5.64. The number of hydrogen-bond donors (Lipinski definition) is 1. The van der Waals surface area contributed by atoms with Gasteiger partial charge in [0.2, 0.25) is 5.88 Å². The molecule has 2 aromatic carbocycles. The molecule has 1 fully saturated rings. The Morgan fingerprint density at radius 3 is 2.68 bits per heavy atom. The fourth-order valence-corrected chi connectivity index (χ4v) is 3.64. The zero-order chi connectivity index (χ0) is 26.6. The lowest BCUT2D eigenvalue weighted by atomic mass is 10.1. The van der Waals surface area contributed by atoms with E-state index in [0.717, 1.165) is 22.4 Å². The van der Waals surface area contributed by atoms with Crippen molar-refractivity contribution in [3.05, 3.63) is 91.1 Å². The first-order chi connectivity index (χ1) is 18.6. The number of likely N-dealkylation sites (tertiary alicyclic amines) is 1. The van der Waals surface area contributed by atoms with E-state index in [9.17, 15) is 4.79 Å². The number of ether oxygens (including phenoxy) is 3. The molecule has 4 rings (SSSR count). The van der Waals surface area contributed by atoms with E-state index in [2.05, 4.69) is 27.1 Å². The van der Waals surface area contributed by atoms with Crippen LogP contribution in [0.1, 0.15) is 12.5 Å². The molecular formula is C29H31N5O4. The normalized spacial score (nSPS) is 13.7. The van der Waals surface area contributed by atoms with Crippen molar-refractivity contribution in [3.8, 4) is 22.8 Å². The summed E-state index contributed by atoms with van der Waals surface area (Å²) in [6.45, 7) is 7.79. The SMILES string of the molecule is C=C/C(=N\N=C/C)NC(=O)N1CC(Oc2ccc(-c3cccc(OCCOCc4ccccc4)c3)cn2)C1. The molecule has 2 amide bonds. The van der Waals surface area contributed by atoms with Gasteiger partial charge in [0.05, 0.1) is 26.3 Å². The maximum atomic E-state index is 12.3. The van der Waals surface area contributed by atoms with Crippen LogP contribution >= 0.6 is 0 Å². The smallest absolute Gasteiger partial charge is 0.323 e. The molecule has 0 unspecified atom stereocenters. The maximum absolute atomic E-state index is 12.3. The number of amides is 2. The number of benzene rings is 2. The number of nitrogens with one attached hydrogen (secondary N) is 1. The van der Waals surface area contributed by atoms with Crippen LogP contribution in [-0.2, 0) is 11.3 Å². The molecule has 0 spiro atoms. The molecule has 0 atom stereocenters. The Labute approximate surface area is 222 Å². The van der Waals surface area contributed by atoms with Gasteiger partial charge in [0.1, 0.15) is 18.5 Å². The summed E-state index contributed by atoms with van der Waals surface area (Å²) in [6, 6.07) is 21.4. The summed E-state index contributed by atoms with van der Waals surface area (Å²) in [5.74, 6) is 1.57. The fraction of sp³-hybridized carbons (Fsp3) is 0.241. The van der Waals surface area contributed by atoms with Gasteiger partial charge in [-0.05, 0) is 42.3 Å². The first-order valence-corrected chi connectivity index (χ1v) is 12.4. The first-order valence-electron chi connectivity index (χ1n) is 12.4. The van der Waals surface area contributed by atoms with E-state index < -0.39 is 0 Å². The van der Waals surface area contributed by atoms with Gasteiger partial charge in [0.15, 0.2) is 5.84 Å². The molecule has 0 radical (unpaired) electrons. The highest BCUT2D eigenvalue weighted by Gasteiger charge is 2.32.